The van der Waals surface area contributed by atoms with Crippen LogP contribution in [0.4, 0.5) is 16.2 Å². The molecule has 3 rings (SSSR count). The first-order valence-corrected chi connectivity index (χ1v) is 11.8. The number of benzene rings is 2. The van der Waals surface area contributed by atoms with E-state index in [1.54, 1.807) is 87.8 Å². The fraction of sp³-hybridized carbons (Fsp3) is 0.250. The van der Waals surface area contributed by atoms with Crippen molar-refractivity contribution in [3.05, 3.63) is 79.1 Å². The van der Waals surface area contributed by atoms with Crippen LogP contribution in [0, 0.1) is 0 Å². The molecule has 0 aliphatic rings. The third-order valence-electron chi connectivity index (χ3n) is 4.31. The summed E-state index contributed by atoms with van der Waals surface area (Å²) in [5.74, 6) is 0.460. The zero-order valence-corrected chi connectivity index (χ0v) is 19.6. The molecule has 0 aliphatic carbocycles. The molecular weight excluding hydrogens is 442 g/mol. The molecule has 0 radical (unpaired) electrons. The first kappa shape index (κ1) is 24.1. The number of ether oxygens (including phenoxy) is 2. The van der Waals surface area contributed by atoms with E-state index in [4.69, 9.17) is 9.47 Å². The summed E-state index contributed by atoms with van der Waals surface area (Å²) in [7, 11) is -3.71. The number of nitrogens with zero attached hydrogens (tertiary/aromatic N) is 2. The molecule has 174 valence electrons. The lowest BCUT2D eigenvalue weighted by Gasteiger charge is -2.27. The van der Waals surface area contributed by atoms with Crippen molar-refractivity contribution in [3.8, 4) is 5.75 Å². The zero-order chi connectivity index (χ0) is 23.9. The molecule has 0 aliphatic heterocycles. The minimum Gasteiger partial charge on any atom is -0.492 e. The first-order valence-electron chi connectivity index (χ1n) is 10.4. The van der Waals surface area contributed by atoms with Crippen LogP contribution in [0.3, 0.4) is 0 Å². The Morgan fingerprint density at radius 3 is 2.36 bits per heavy atom. The molecule has 1 amide bonds. The monoisotopic (exact) mass is 469 g/mol. The average molecular weight is 470 g/mol. The molecule has 0 unspecified atom stereocenters. The van der Waals surface area contributed by atoms with Gasteiger partial charge in [-0.05, 0) is 57.2 Å². The van der Waals surface area contributed by atoms with E-state index in [2.05, 4.69) is 9.71 Å². The van der Waals surface area contributed by atoms with Crippen molar-refractivity contribution in [2.24, 2.45) is 0 Å². The number of carbonyl (C=O) groups is 1. The lowest BCUT2D eigenvalue weighted by molar-refractivity contribution is 0.0575. The third kappa shape index (κ3) is 7.21. The number of hydrogen-bond donors (Lipinski definition) is 1. The Kier molecular flexibility index (Phi) is 7.55. The van der Waals surface area contributed by atoms with Gasteiger partial charge in [-0.3, -0.25) is 14.6 Å². The molecule has 3 aromatic rings. The van der Waals surface area contributed by atoms with E-state index >= 15 is 0 Å². The Hall–Kier alpha value is -3.59. The fourth-order valence-electron chi connectivity index (χ4n) is 2.88. The number of anilines is 2. The third-order valence-corrected chi connectivity index (χ3v) is 5.71. The van der Waals surface area contributed by atoms with Crippen molar-refractivity contribution in [2.45, 2.75) is 31.3 Å². The number of aromatic nitrogens is 1. The molecule has 9 heteroatoms. The summed E-state index contributed by atoms with van der Waals surface area (Å²) in [4.78, 5) is 18.3. The normalized spacial score (nSPS) is 11.5. The van der Waals surface area contributed by atoms with Crippen molar-refractivity contribution >= 4 is 27.5 Å². The summed E-state index contributed by atoms with van der Waals surface area (Å²) in [6.45, 7) is 5.78. The zero-order valence-electron chi connectivity index (χ0n) is 18.8. The highest BCUT2D eigenvalue weighted by atomic mass is 32.2. The second-order valence-corrected chi connectivity index (χ2v) is 9.81. The Bertz CT molecular complexity index is 1160. The Morgan fingerprint density at radius 2 is 1.70 bits per heavy atom. The lowest BCUT2D eigenvalue weighted by Crippen LogP contribution is -2.39. The minimum absolute atomic E-state index is 0.163. The number of nitrogens with one attached hydrogen (secondary N) is 1. The van der Waals surface area contributed by atoms with Crippen LogP contribution in [0.1, 0.15) is 20.8 Å². The van der Waals surface area contributed by atoms with Crippen LogP contribution in [-0.2, 0) is 14.8 Å². The molecule has 0 atom stereocenters. The maximum Gasteiger partial charge on any atom is 0.414 e. The largest absolute Gasteiger partial charge is 0.492 e. The van der Waals surface area contributed by atoms with Crippen LogP contribution in [0.5, 0.6) is 5.75 Å². The maximum absolute atomic E-state index is 12.7. The molecule has 33 heavy (non-hydrogen) atoms. The van der Waals surface area contributed by atoms with Crippen molar-refractivity contribution in [1.82, 2.24) is 4.98 Å². The second-order valence-electron chi connectivity index (χ2n) is 8.13. The molecule has 0 saturated carbocycles. The molecular formula is C24H27N3O5S. The van der Waals surface area contributed by atoms with Gasteiger partial charge < -0.3 is 9.47 Å². The number of sulfonamides is 1. The molecule has 1 heterocycles. The highest BCUT2D eigenvalue weighted by Gasteiger charge is 2.23. The van der Waals surface area contributed by atoms with Crippen LogP contribution in [0.15, 0.2) is 84.0 Å². The van der Waals surface area contributed by atoms with Gasteiger partial charge in [-0.25, -0.2) is 13.2 Å². The van der Waals surface area contributed by atoms with Crippen LogP contribution >= 0.6 is 0 Å². The SMILES string of the molecule is CC(C)(C)OC(=O)N(CCOc1cccc(NS(=O)(=O)c2ccccc2)c1)c1ccncc1. The van der Waals surface area contributed by atoms with E-state index in [1.165, 1.54) is 17.0 Å². The van der Waals surface area contributed by atoms with E-state index in [1.807, 2.05) is 0 Å². The predicted octanol–water partition coefficient (Wildman–Crippen LogP) is 4.70. The van der Waals surface area contributed by atoms with Crippen molar-refractivity contribution in [3.63, 3.8) is 0 Å². The number of rotatable bonds is 8. The van der Waals surface area contributed by atoms with Crippen LogP contribution in [-0.4, -0.2) is 38.2 Å². The van der Waals surface area contributed by atoms with Gasteiger partial charge in [0.05, 0.1) is 22.8 Å². The molecule has 0 saturated heterocycles. The predicted molar refractivity (Wildman–Crippen MR) is 127 cm³/mol. The summed E-state index contributed by atoms with van der Waals surface area (Å²) >= 11 is 0. The molecule has 0 spiro atoms. The highest BCUT2D eigenvalue weighted by molar-refractivity contribution is 7.92. The number of hydrogen-bond acceptors (Lipinski definition) is 6. The van der Waals surface area contributed by atoms with E-state index in [0.29, 0.717) is 17.1 Å². The smallest absolute Gasteiger partial charge is 0.414 e. The number of amides is 1. The number of carbonyl (C=O) groups excluding carboxylic acids is 1. The van der Waals surface area contributed by atoms with Gasteiger partial charge in [-0.2, -0.15) is 0 Å². The topological polar surface area (TPSA) is 97.8 Å². The highest BCUT2D eigenvalue weighted by Crippen LogP contribution is 2.22. The van der Waals surface area contributed by atoms with Gasteiger partial charge in [0.1, 0.15) is 18.0 Å². The van der Waals surface area contributed by atoms with Crippen LogP contribution < -0.4 is 14.4 Å². The van der Waals surface area contributed by atoms with Gasteiger partial charge in [-0.15, -0.1) is 0 Å². The second kappa shape index (κ2) is 10.4. The van der Waals surface area contributed by atoms with Gasteiger partial charge in [0.2, 0.25) is 0 Å². The van der Waals surface area contributed by atoms with E-state index in [0.717, 1.165) is 0 Å². The lowest BCUT2D eigenvalue weighted by atomic mass is 10.2. The summed E-state index contributed by atoms with van der Waals surface area (Å²) in [6.07, 6.45) is 2.69. The summed E-state index contributed by atoms with van der Waals surface area (Å²) < 4.78 is 38.9. The number of pyridine rings is 1. The summed E-state index contributed by atoms with van der Waals surface area (Å²) in [5.41, 5.74) is 0.356. The van der Waals surface area contributed by atoms with Crippen molar-refractivity contribution in [2.75, 3.05) is 22.8 Å². The average Bonchev–Trinajstić information content (AvgIpc) is 2.77. The summed E-state index contributed by atoms with van der Waals surface area (Å²) in [6, 6.07) is 18.2. The molecule has 2 aromatic carbocycles. The maximum atomic E-state index is 12.7. The molecule has 1 aromatic heterocycles. The standard InChI is InChI=1S/C24H27N3O5S/c1-24(2,3)32-23(28)27(20-12-14-25-15-13-20)16-17-31-21-9-7-8-19(18-21)26-33(29,30)22-10-5-4-6-11-22/h4-15,18,26H,16-17H2,1-3H3. The van der Waals surface area contributed by atoms with Gasteiger partial charge in [-0.1, -0.05) is 24.3 Å². The van der Waals surface area contributed by atoms with Crippen LogP contribution in [0.2, 0.25) is 0 Å². The fourth-order valence-corrected chi connectivity index (χ4v) is 3.96. The molecule has 0 bridgehead atoms. The Labute approximate surface area is 194 Å². The molecule has 1 N–H and O–H groups in total. The van der Waals surface area contributed by atoms with Crippen molar-refractivity contribution < 1.29 is 22.7 Å². The van der Waals surface area contributed by atoms with E-state index in [-0.39, 0.29) is 18.0 Å². The summed E-state index contributed by atoms with van der Waals surface area (Å²) in [5, 5.41) is 0. The minimum atomic E-state index is -3.71. The van der Waals surface area contributed by atoms with Crippen molar-refractivity contribution in [1.29, 1.82) is 0 Å². The van der Waals surface area contributed by atoms with Gasteiger partial charge in [0, 0.05) is 18.5 Å². The van der Waals surface area contributed by atoms with E-state index in [9.17, 15) is 13.2 Å². The first-order chi connectivity index (χ1) is 15.6. The quantitative estimate of drug-likeness (QED) is 0.513. The van der Waals surface area contributed by atoms with Gasteiger partial charge >= 0.3 is 6.09 Å². The molecule has 8 nitrogen and oxygen atoms in total. The Balaban J connectivity index is 1.66. The Morgan fingerprint density at radius 1 is 1.00 bits per heavy atom. The van der Waals surface area contributed by atoms with Gasteiger partial charge in [0.25, 0.3) is 10.0 Å². The molecule has 0 fully saturated rings. The van der Waals surface area contributed by atoms with Crippen LogP contribution in [0.25, 0.3) is 0 Å². The van der Waals surface area contributed by atoms with E-state index < -0.39 is 21.7 Å². The van der Waals surface area contributed by atoms with Gasteiger partial charge in [0.15, 0.2) is 0 Å².